The lowest BCUT2D eigenvalue weighted by Crippen LogP contribution is -2.30. The van der Waals surface area contributed by atoms with Gasteiger partial charge in [0.05, 0.1) is 23.7 Å². The second kappa shape index (κ2) is 9.38. The molecule has 4 rings (SSSR count). The monoisotopic (exact) mass is 501 g/mol. The van der Waals surface area contributed by atoms with Crippen molar-refractivity contribution in [1.82, 2.24) is 4.98 Å². The number of nitrogens with zero attached hydrogens (tertiary/aromatic N) is 1. The fourth-order valence-electron chi connectivity index (χ4n) is 3.83. The number of fused-ring (bicyclic) bond motifs is 1. The summed E-state index contributed by atoms with van der Waals surface area (Å²) in [4.78, 5) is 17.2. The number of carbonyl (C=O) groups is 1. The van der Waals surface area contributed by atoms with Gasteiger partial charge in [-0.25, -0.2) is 4.98 Å². The first-order valence-electron chi connectivity index (χ1n) is 10.5. The molecule has 1 aliphatic rings. The fraction of sp³-hybridized carbons (Fsp3) is 0.231. The van der Waals surface area contributed by atoms with Gasteiger partial charge in [0.25, 0.3) is 0 Å². The van der Waals surface area contributed by atoms with Gasteiger partial charge in [0.15, 0.2) is 0 Å². The predicted molar refractivity (Wildman–Crippen MR) is 134 cm³/mol. The second-order valence-electron chi connectivity index (χ2n) is 8.23. The van der Waals surface area contributed by atoms with E-state index < -0.39 is 5.60 Å². The average Bonchev–Trinajstić information content (AvgIpc) is 2.73. The van der Waals surface area contributed by atoms with E-state index in [9.17, 15) is 4.79 Å². The Hall–Kier alpha value is -2.53. The molecule has 1 aliphatic heterocycles. The molecule has 0 N–H and O–H groups in total. The summed E-state index contributed by atoms with van der Waals surface area (Å²) in [6.45, 7) is 5.95. The van der Waals surface area contributed by atoms with Crippen molar-refractivity contribution in [3.8, 4) is 28.3 Å². The second-order valence-corrected chi connectivity index (χ2v) is 9.51. The molecule has 0 fully saturated rings. The quantitative estimate of drug-likeness (QED) is 0.333. The number of carbonyl (C=O) groups excluding carboxylic acids is 1. The van der Waals surface area contributed by atoms with Gasteiger partial charge in [0, 0.05) is 26.7 Å². The van der Waals surface area contributed by atoms with Crippen molar-refractivity contribution < 1.29 is 14.3 Å². The van der Waals surface area contributed by atoms with Crippen LogP contribution in [-0.4, -0.2) is 23.2 Å². The highest BCUT2D eigenvalue weighted by atomic mass is 35.5. The van der Waals surface area contributed by atoms with Crippen LogP contribution in [0.15, 0.2) is 54.6 Å². The molecule has 170 valence electrons. The number of halogens is 3. The topological polar surface area (TPSA) is 48.4 Å². The van der Waals surface area contributed by atoms with Crippen LogP contribution >= 0.6 is 34.8 Å². The molecule has 0 spiro atoms. The van der Waals surface area contributed by atoms with E-state index in [2.05, 4.69) is 0 Å². The molecule has 0 radical (unpaired) electrons. The number of pyridine rings is 1. The molecule has 1 aromatic heterocycles. The van der Waals surface area contributed by atoms with Crippen molar-refractivity contribution in [2.75, 3.05) is 6.61 Å². The summed E-state index contributed by atoms with van der Waals surface area (Å²) in [5.74, 6) is 0.130. The van der Waals surface area contributed by atoms with E-state index in [0.717, 1.165) is 27.8 Å². The first-order chi connectivity index (χ1) is 15.7. The standard InChI is InChI=1S/C26H22Cl3NO3/c1-4-32-23(31)11-16-14-26(2,3)33-25-21(16)13-20(15-5-7-17(27)8-6-15)24(30-25)19-10-9-18(28)12-22(19)29/h5-10,12-14H,4,11H2,1-3H3. The summed E-state index contributed by atoms with van der Waals surface area (Å²) in [5.41, 5.74) is 3.98. The van der Waals surface area contributed by atoms with Crippen LogP contribution in [0.5, 0.6) is 5.88 Å². The van der Waals surface area contributed by atoms with Gasteiger partial charge in [-0.3, -0.25) is 4.79 Å². The zero-order valence-electron chi connectivity index (χ0n) is 18.4. The normalized spacial score (nSPS) is 14.2. The zero-order chi connectivity index (χ0) is 23.8. The molecule has 0 saturated carbocycles. The van der Waals surface area contributed by atoms with Crippen LogP contribution in [0, 0.1) is 0 Å². The van der Waals surface area contributed by atoms with Gasteiger partial charge >= 0.3 is 5.97 Å². The Labute approximate surface area is 208 Å². The van der Waals surface area contributed by atoms with Gasteiger partial charge in [-0.2, -0.15) is 0 Å². The fourth-order valence-corrected chi connectivity index (χ4v) is 4.45. The Balaban J connectivity index is 1.94. The molecule has 0 atom stereocenters. The third-order valence-electron chi connectivity index (χ3n) is 5.20. The van der Waals surface area contributed by atoms with Crippen LogP contribution in [0.2, 0.25) is 15.1 Å². The van der Waals surface area contributed by atoms with Gasteiger partial charge in [0.1, 0.15) is 5.60 Å². The minimum absolute atomic E-state index is 0.121. The lowest BCUT2D eigenvalue weighted by Gasteiger charge is -2.31. The van der Waals surface area contributed by atoms with E-state index in [4.69, 9.17) is 49.3 Å². The summed E-state index contributed by atoms with van der Waals surface area (Å²) in [7, 11) is 0. The summed E-state index contributed by atoms with van der Waals surface area (Å²) in [6, 6.07) is 14.7. The highest BCUT2D eigenvalue weighted by Crippen LogP contribution is 2.44. The maximum absolute atomic E-state index is 12.3. The smallest absolute Gasteiger partial charge is 0.310 e. The molecule has 33 heavy (non-hydrogen) atoms. The van der Waals surface area contributed by atoms with E-state index >= 15 is 0 Å². The van der Waals surface area contributed by atoms with Crippen molar-refractivity contribution in [3.05, 3.63) is 75.2 Å². The van der Waals surface area contributed by atoms with E-state index in [1.54, 1.807) is 19.1 Å². The minimum Gasteiger partial charge on any atom is -0.467 e. The number of benzene rings is 2. The summed E-state index contributed by atoms with van der Waals surface area (Å²) < 4.78 is 11.4. The lowest BCUT2D eigenvalue weighted by atomic mass is 9.90. The zero-order valence-corrected chi connectivity index (χ0v) is 20.7. The number of hydrogen-bond acceptors (Lipinski definition) is 4. The van der Waals surface area contributed by atoms with Crippen molar-refractivity contribution in [1.29, 1.82) is 0 Å². The van der Waals surface area contributed by atoms with Crippen LogP contribution in [0.4, 0.5) is 0 Å². The van der Waals surface area contributed by atoms with Crippen LogP contribution in [0.3, 0.4) is 0 Å². The number of rotatable bonds is 5. The molecule has 7 heteroatoms. The van der Waals surface area contributed by atoms with Gasteiger partial charge in [-0.1, -0.05) is 46.9 Å². The Morgan fingerprint density at radius 3 is 2.33 bits per heavy atom. The average molecular weight is 503 g/mol. The SMILES string of the molecule is CCOC(=O)CC1=CC(C)(C)Oc2nc(-c3ccc(Cl)cc3Cl)c(-c3ccc(Cl)cc3)cc21. The maximum atomic E-state index is 12.3. The molecular formula is C26H22Cl3NO3. The molecule has 0 saturated heterocycles. The predicted octanol–water partition coefficient (Wildman–Crippen LogP) is 7.88. The summed E-state index contributed by atoms with van der Waals surface area (Å²) >= 11 is 18.8. The molecule has 2 heterocycles. The molecule has 0 unspecified atom stereocenters. The third kappa shape index (κ3) is 5.19. The molecule has 0 bridgehead atoms. The molecule has 3 aromatic rings. The minimum atomic E-state index is -0.648. The molecule has 0 aliphatic carbocycles. The van der Waals surface area contributed by atoms with Gasteiger partial charge < -0.3 is 9.47 Å². The largest absolute Gasteiger partial charge is 0.467 e. The highest BCUT2D eigenvalue weighted by molar-refractivity contribution is 6.36. The van der Waals surface area contributed by atoms with Gasteiger partial charge in [0.2, 0.25) is 5.88 Å². The molecular weight excluding hydrogens is 481 g/mol. The first kappa shape index (κ1) is 23.6. The Morgan fingerprint density at radius 1 is 0.970 bits per heavy atom. The molecule has 0 amide bonds. The van der Waals surface area contributed by atoms with Crippen LogP contribution < -0.4 is 4.74 Å². The number of aromatic nitrogens is 1. The van der Waals surface area contributed by atoms with Crippen LogP contribution in [0.1, 0.15) is 32.8 Å². The Morgan fingerprint density at radius 2 is 1.67 bits per heavy atom. The van der Waals surface area contributed by atoms with E-state index in [1.807, 2.05) is 56.3 Å². The Kier molecular flexibility index (Phi) is 6.71. The number of esters is 1. The van der Waals surface area contributed by atoms with E-state index in [-0.39, 0.29) is 12.4 Å². The summed E-state index contributed by atoms with van der Waals surface area (Å²) in [5, 5.41) is 1.64. The molecule has 2 aromatic carbocycles. The van der Waals surface area contributed by atoms with Gasteiger partial charge in [-0.05, 0) is 74.4 Å². The summed E-state index contributed by atoms with van der Waals surface area (Å²) in [6.07, 6.45) is 2.06. The number of hydrogen-bond donors (Lipinski definition) is 0. The van der Waals surface area contributed by atoms with Crippen molar-refractivity contribution >= 4 is 46.3 Å². The van der Waals surface area contributed by atoms with Crippen molar-refractivity contribution in [3.63, 3.8) is 0 Å². The highest BCUT2D eigenvalue weighted by Gasteiger charge is 2.31. The number of ether oxygens (including phenoxy) is 2. The molecule has 4 nitrogen and oxygen atoms in total. The van der Waals surface area contributed by atoms with E-state index in [0.29, 0.717) is 33.2 Å². The van der Waals surface area contributed by atoms with Crippen molar-refractivity contribution in [2.45, 2.75) is 32.8 Å². The van der Waals surface area contributed by atoms with Crippen LogP contribution in [0.25, 0.3) is 28.0 Å². The Bertz CT molecular complexity index is 1250. The van der Waals surface area contributed by atoms with E-state index in [1.165, 1.54) is 0 Å². The van der Waals surface area contributed by atoms with Crippen LogP contribution in [-0.2, 0) is 9.53 Å². The van der Waals surface area contributed by atoms with Crippen molar-refractivity contribution in [2.24, 2.45) is 0 Å². The maximum Gasteiger partial charge on any atom is 0.310 e. The third-order valence-corrected chi connectivity index (χ3v) is 6.00. The first-order valence-corrected chi connectivity index (χ1v) is 11.6. The lowest BCUT2D eigenvalue weighted by molar-refractivity contribution is -0.141. The van der Waals surface area contributed by atoms with Gasteiger partial charge in [-0.15, -0.1) is 0 Å².